The third kappa shape index (κ3) is 17.2. The third-order valence-corrected chi connectivity index (χ3v) is 3.90. The van der Waals surface area contributed by atoms with Crippen molar-refractivity contribution in [2.24, 2.45) is 0 Å². The number of nitrogens with one attached hydrogen (secondary N) is 2. The number of hydrogen-bond donors (Lipinski definition) is 2. The van der Waals surface area contributed by atoms with Crippen LogP contribution in [0.2, 0.25) is 0 Å². The van der Waals surface area contributed by atoms with E-state index in [-0.39, 0.29) is 34.0 Å². The molecule has 2 aliphatic rings. The average molecular weight is 450 g/mol. The van der Waals surface area contributed by atoms with Gasteiger partial charge in [-0.3, -0.25) is 0 Å². The molecule has 0 amide bonds. The van der Waals surface area contributed by atoms with E-state index >= 15 is 0 Å². The molecule has 0 aliphatic carbocycles. The van der Waals surface area contributed by atoms with Crippen LogP contribution in [0, 0.1) is 0 Å². The molecule has 0 atom stereocenters. The number of quaternary nitrogens is 2. The molecule has 0 saturated carbocycles. The molecule has 6 heteroatoms. The van der Waals surface area contributed by atoms with Gasteiger partial charge in [0.1, 0.15) is 26.2 Å². The van der Waals surface area contributed by atoms with E-state index in [0.717, 1.165) is 26.4 Å². The number of morpholine rings is 2. The molecule has 2 aliphatic heterocycles. The van der Waals surface area contributed by atoms with E-state index in [0.29, 0.717) is 0 Å². The Labute approximate surface area is 159 Å². The second-order valence-corrected chi connectivity index (χ2v) is 5.43. The van der Waals surface area contributed by atoms with Crippen molar-refractivity contribution < 1.29 is 53.2 Å². The van der Waals surface area contributed by atoms with Crippen molar-refractivity contribution in [2.75, 3.05) is 65.7 Å². The summed E-state index contributed by atoms with van der Waals surface area (Å²) in [5, 5.41) is 0. The van der Waals surface area contributed by atoms with Gasteiger partial charge in [0, 0.05) is 0 Å². The first-order valence-corrected chi connectivity index (χ1v) is 8.60. The van der Waals surface area contributed by atoms with Gasteiger partial charge in [-0.05, 0) is 13.8 Å². The van der Waals surface area contributed by atoms with Gasteiger partial charge < -0.3 is 53.2 Å². The zero-order valence-electron chi connectivity index (χ0n) is 15.1. The Balaban J connectivity index is -0.000000249. The van der Waals surface area contributed by atoms with Gasteiger partial charge in [-0.15, -0.1) is 0 Å². The first-order chi connectivity index (χ1) is 9.78. The summed E-state index contributed by atoms with van der Waals surface area (Å²) in [6, 6.07) is 0. The van der Waals surface area contributed by atoms with E-state index < -0.39 is 0 Å². The van der Waals surface area contributed by atoms with Gasteiger partial charge >= 0.3 is 0 Å². The van der Waals surface area contributed by atoms with Crippen LogP contribution in [-0.4, -0.2) is 65.7 Å². The number of halogens is 2. The molecule has 0 bridgehead atoms. The summed E-state index contributed by atoms with van der Waals surface area (Å²) in [6.07, 6.45) is 2.64. The van der Waals surface area contributed by atoms with Crippen LogP contribution in [0.5, 0.6) is 0 Å². The van der Waals surface area contributed by atoms with Crippen LogP contribution in [0.15, 0.2) is 0 Å². The summed E-state index contributed by atoms with van der Waals surface area (Å²) < 4.78 is 10.4. The van der Waals surface area contributed by atoms with Crippen molar-refractivity contribution in [3.63, 3.8) is 0 Å². The molecule has 2 heterocycles. The van der Waals surface area contributed by atoms with E-state index in [2.05, 4.69) is 27.7 Å². The molecule has 0 aromatic rings. The molecule has 4 nitrogen and oxygen atoms in total. The van der Waals surface area contributed by atoms with Gasteiger partial charge in [0.2, 0.25) is 0 Å². The van der Waals surface area contributed by atoms with Crippen molar-refractivity contribution in [2.45, 2.75) is 40.5 Å². The molecule has 138 valence electrons. The molecule has 2 rings (SSSR count). The maximum absolute atomic E-state index is 5.18. The van der Waals surface area contributed by atoms with Gasteiger partial charge in [0.15, 0.2) is 0 Å². The topological polar surface area (TPSA) is 27.3 Å². The second-order valence-electron chi connectivity index (χ2n) is 5.43. The van der Waals surface area contributed by atoms with E-state index in [4.69, 9.17) is 9.47 Å². The minimum absolute atomic E-state index is 0. The van der Waals surface area contributed by atoms with E-state index in [1.165, 1.54) is 52.1 Å². The molecule has 0 spiro atoms. The van der Waals surface area contributed by atoms with Crippen molar-refractivity contribution in [3.8, 4) is 0 Å². The molecule has 0 radical (unpaired) electrons. The average Bonchev–Trinajstić information content (AvgIpc) is 2.57. The lowest BCUT2D eigenvalue weighted by molar-refractivity contribution is -0.906. The molecular formula is C16H38Br2N2O2. The van der Waals surface area contributed by atoms with Gasteiger partial charge in [-0.2, -0.15) is 0 Å². The van der Waals surface area contributed by atoms with Crippen LogP contribution in [0.4, 0.5) is 0 Å². The third-order valence-electron chi connectivity index (χ3n) is 3.90. The van der Waals surface area contributed by atoms with Crippen LogP contribution in [0.1, 0.15) is 40.5 Å². The van der Waals surface area contributed by atoms with Gasteiger partial charge in [0.25, 0.3) is 0 Å². The second kappa shape index (κ2) is 21.8. The summed E-state index contributed by atoms with van der Waals surface area (Å²) in [7, 11) is 0. The number of likely N-dealkylation sites (N-methyl/N-ethyl adjacent to an activating group) is 2. The van der Waals surface area contributed by atoms with Crippen molar-refractivity contribution in [1.29, 1.82) is 0 Å². The van der Waals surface area contributed by atoms with Crippen LogP contribution >= 0.6 is 0 Å². The first kappa shape index (κ1) is 27.6. The maximum atomic E-state index is 5.18. The Morgan fingerprint density at radius 1 is 0.591 bits per heavy atom. The highest BCUT2D eigenvalue weighted by Gasteiger charge is 2.10. The number of hydrogen-bond acceptors (Lipinski definition) is 2. The first-order valence-electron chi connectivity index (χ1n) is 8.60. The summed E-state index contributed by atoms with van der Waals surface area (Å²) in [5.41, 5.74) is 0. The van der Waals surface area contributed by atoms with E-state index in [1.807, 2.05) is 0 Å². The molecule has 2 N–H and O–H groups in total. The molecule has 0 aromatic heterocycles. The fourth-order valence-corrected chi connectivity index (χ4v) is 2.03. The fraction of sp³-hybridized carbons (Fsp3) is 1.00. The molecule has 0 unspecified atom stereocenters. The maximum Gasteiger partial charge on any atom is 0.101 e. The standard InChI is InChI=1S/2C6H13NO.C4H10.2BrH/c2*1-2-7-3-5-8-6-4-7;1-3-4-2;;/h2*2-6H2,1H3;3-4H2,1-2H3;2*1H. The number of rotatable bonds is 3. The van der Waals surface area contributed by atoms with Crippen LogP contribution in [0.3, 0.4) is 0 Å². The molecule has 2 fully saturated rings. The molecule has 22 heavy (non-hydrogen) atoms. The van der Waals surface area contributed by atoms with Gasteiger partial charge in [0.05, 0.1) is 39.5 Å². The van der Waals surface area contributed by atoms with E-state index in [1.54, 1.807) is 9.80 Å². The van der Waals surface area contributed by atoms with Crippen LogP contribution in [0.25, 0.3) is 0 Å². The lowest BCUT2D eigenvalue weighted by Crippen LogP contribution is -3.13. The zero-order valence-corrected chi connectivity index (χ0v) is 18.2. The highest BCUT2D eigenvalue weighted by atomic mass is 79.9. The Morgan fingerprint density at radius 2 is 0.864 bits per heavy atom. The summed E-state index contributed by atoms with van der Waals surface area (Å²) in [4.78, 5) is 3.35. The minimum atomic E-state index is 0. The van der Waals surface area contributed by atoms with Crippen LogP contribution < -0.4 is 43.8 Å². The Morgan fingerprint density at radius 3 is 1.00 bits per heavy atom. The van der Waals surface area contributed by atoms with Crippen molar-refractivity contribution >= 4 is 0 Å². The van der Waals surface area contributed by atoms with Gasteiger partial charge in [-0.1, -0.05) is 26.7 Å². The zero-order chi connectivity index (χ0) is 15.1. The Hall–Kier alpha value is 0.800. The van der Waals surface area contributed by atoms with Crippen molar-refractivity contribution in [1.82, 2.24) is 0 Å². The predicted molar refractivity (Wildman–Crippen MR) is 84.7 cm³/mol. The van der Waals surface area contributed by atoms with Crippen LogP contribution in [-0.2, 0) is 9.47 Å². The summed E-state index contributed by atoms with van der Waals surface area (Å²) in [5.74, 6) is 0. The quantitative estimate of drug-likeness (QED) is 0.448. The lowest BCUT2D eigenvalue weighted by Gasteiger charge is -2.21. The smallest absolute Gasteiger partial charge is 0.101 e. The summed E-state index contributed by atoms with van der Waals surface area (Å²) in [6.45, 7) is 20.0. The fourth-order valence-electron chi connectivity index (χ4n) is 2.03. The number of ether oxygens (including phenoxy) is 2. The predicted octanol–water partition coefficient (Wildman–Crippen LogP) is -6.34. The van der Waals surface area contributed by atoms with Crippen molar-refractivity contribution in [3.05, 3.63) is 0 Å². The molecule has 0 aromatic carbocycles. The van der Waals surface area contributed by atoms with E-state index in [9.17, 15) is 0 Å². The highest BCUT2D eigenvalue weighted by molar-refractivity contribution is 4.36. The number of unbranched alkanes of at least 4 members (excludes halogenated alkanes) is 1. The van der Waals surface area contributed by atoms with Gasteiger partial charge in [-0.25, -0.2) is 0 Å². The minimum Gasteiger partial charge on any atom is -1.00 e. The Kier molecular flexibility index (Phi) is 27.4. The summed E-state index contributed by atoms with van der Waals surface area (Å²) >= 11 is 0. The molecule has 2 saturated heterocycles. The normalized spacial score (nSPS) is 18.5. The largest absolute Gasteiger partial charge is 1.00 e. The molecular weight excluding hydrogens is 412 g/mol. The SMILES string of the molecule is CCCC.CC[NH+]1CCOCC1.CC[NH+]1CCOCC1.[Br-].[Br-]. The Bertz CT molecular complexity index is 169. The lowest BCUT2D eigenvalue weighted by atomic mass is 10.4. The highest BCUT2D eigenvalue weighted by Crippen LogP contribution is 1.77. The monoisotopic (exact) mass is 448 g/mol.